The van der Waals surface area contributed by atoms with Gasteiger partial charge in [0.2, 0.25) is 0 Å². The molecule has 0 bridgehead atoms. The van der Waals surface area contributed by atoms with Crippen molar-refractivity contribution in [2.24, 2.45) is 0 Å². The molecule has 3 rings (SSSR count). The summed E-state index contributed by atoms with van der Waals surface area (Å²) in [4.78, 5) is 12.2. The molecular weight excluding hydrogens is 321 g/mol. The van der Waals surface area contributed by atoms with E-state index in [1.807, 2.05) is 24.3 Å². The number of halogens is 1. The van der Waals surface area contributed by atoms with Crippen LogP contribution in [0.4, 0.5) is 10.1 Å². The Balaban J connectivity index is 1.51. The van der Waals surface area contributed by atoms with E-state index in [-0.39, 0.29) is 11.7 Å². The topological polar surface area (TPSA) is 47.6 Å². The zero-order chi connectivity index (χ0) is 17.6. The van der Waals surface area contributed by atoms with E-state index in [9.17, 15) is 9.18 Å². The van der Waals surface area contributed by atoms with Crippen LogP contribution < -0.4 is 14.8 Å². The summed E-state index contributed by atoms with van der Waals surface area (Å²) in [6, 6.07) is 12.9. The summed E-state index contributed by atoms with van der Waals surface area (Å²) in [6.07, 6.45) is 4.28. The standard InChI is InChI=1S/C20H22FNO3/c1-14(24-18-10-6-15(21)7-11-18)20(23)22-16-8-12-19(13-9-16)25-17-4-2-3-5-17/h6-14,17H,2-5H2,1H3,(H,22,23)/t14-/m0/s1. The van der Waals surface area contributed by atoms with Crippen molar-refractivity contribution in [3.63, 3.8) is 0 Å². The van der Waals surface area contributed by atoms with Gasteiger partial charge in [0.25, 0.3) is 5.91 Å². The van der Waals surface area contributed by atoms with Crippen LogP contribution in [0, 0.1) is 5.82 Å². The van der Waals surface area contributed by atoms with Crippen molar-refractivity contribution >= 4 is 11.6 Å². The maximum absolute atomic E-state index is 12.9. The highest BCUT2D eigenvalue weighted by atomic mass is 19.1. The van der Waals surface area contributed by atoms with E-state index in [1.54, 1.807) is 6.92 Å². The molecule has 4 nitrogen and oxygen atoms in total. The van der Waals surface area contributed by atoms with Crippen LogP contribution in [0.15, 0.2) is 48.5 Å². The molecule has 25 heavy (non-hydrogen) atoms. The van der Waals surface area contributed by atoms with Crippen molar-refractivity contribution < 1.29 is 18.7 Å². The average molecular weight is 343 g/mol. The summed E-state index contributed by atoms with van der Waals surface area (Å²) in [6.45, 7) is 1.65. The van der Waals surface area contributed by atoms with Crippen molar-refractivity contribution in [3.05, 3.63) is 54.3 Å². The Kier molecular flexibility index (Phi) is 5.53. The van der Waals surface area contributed by atoms with Crippen molar-refractivity contribution in [2.45, 2.75) is 44.8 Å². The number of hydrogen-bond donors (Lipinski definition) is 1. The first kappa shape index (κ1) is 17.3. The Labute approximate surface area is 147 Å². The van der Waals surface area contributed by atoms with Gasteiger partial charge in [0, 0.05) is 5.69 Å². The number of benzene rings is 2. The first-order chi connectivity index (χ1) is 12.1. The quantitative estimate of drug-likeness (QED) is 0.837. The van der Waals surface area contributed by atoms with Crippen molar-refractivity contribution in [1.82, 2.24) is 0 Å². The first-order valence-corrected chi connectivity index (χ1v) is 8.60. The Hall–Kier alpha value is -2.56. The second kappa shape index (κ2) is 8.01. The van der Waals surface area contributed by atoms with Gasteiger partial charge in [0.1, 0.15) is 17.3 Å². The average Bonchev–Trinajstić information content (AvgIpc) is 3.11. The smallest absolute Gasteiger partial charge is 0.265 e. The lowest BCUT2D eigenvalue weighted by atomic mass is 10.2. The van der Waals surface area contributed by atoms with E-state index in [0.717, 1.165) is 18.6 Å². The van der Waals surface area contributed by atoms with Gasteiger partial charge < -0.3 is 14.8 Å². The molecule has 1 atom stereocenters. The fraction of sp³-hybridized carbons (Fsp3) is 0.350. The van der Waals surface area contributed by atoms with Gasteiger partial charge in [0.15, 0.2) is 6.10 Å². The third-order valence-electron chi connectivity index (χ3n) is 4.22. The highest BCUT2D eigenvalue weighted by molar-refractivity contribution is 5.94. The molecule has 0 radical (unpaired) electrons. The molecule has 1 N–H and O–H groups in total. The fourth-order valence-corrected chi connectivity index (χ4v) is 2.83. The number of rotatable bonds is 6. The molecule has 0 aliphatic heterocycles. The molecule has 1 aliphatic carbocycles. The summed E-state index contributed by atoms with van der Waals surface area (Å²) < 4.78 is 24.3. The first-order valence-electron chi connectivity index (χ1n) is 8.60. The normalized spacial score (nSPS) is 15.6. The summed E-state index contributed by atoms with van der Waals surface area (Å²) in [5.41, 5.74) is 0.679. The van der Waals surface area contributed by atoms with Crippen molar-refractivity contribution in [3.8, 4) is 11.5 Å². The maximum Gasteiger partial charge on any atom is 0.265 e. The molecule has 1 amide bonds. The van der Waals surface area contributed by atoms with Gasteiger partial charge in [-0.1, -0.05) is 0 Å². The Morgan fingerprint density at radius 3 is 2.28 bits per heavy atom. The van der Waals surface area contributed by atoms with Crippen LogP contribution in [0.5, 0.6) is 11.5 Å². The monoisotopic (exact) mass is 343 g/mol. The lowest BCUT2D eigenvalue weighted by Gasteiger charge is -2.16. The van der Waals surface area contributed by atoms with Crippen LogP contribution in [-0.2, 0) is 4.79 Å². The third kappa shape index (κ3) is 4.95. The zero-order valence-electron chi connectivity index (χ0n) is 14.2. The number of carbonyl (C=O) groups is 1. The van der Waals surface area contributed by atoms with Gasteiger partial charge in [-0.05, 0) is 81.1 Å². The zero-order valence-corrected chi connectivity index (χ0v) is 14.2. The summed E-state index contributed by atoms with van der Waals surface area (Å²) in [7, 11) is 0. The largest absolute Gasteiger partial charge is 0.490 e. The molecule has 2 aromatic rings. The van der Waals surface area contributed by atoms with Crippen LogP contribution in [0.1, 0.15) is 32.6 Å². The lowest BCUT2D eigenvalue weighted by Crippen LogP contribution is -2.30. The van der Waals surface area contributed by atoms with E-state index >= 15 is 0 Å². The second-order valence-corrected chi connectivity index (χ2v) is 6.25. The van der Waals surface area contributed by atoms with Gasteiger partial charge in [-0.15, -0.1) is 0 Å². The second-order valence-electron chi connectivity index (χ2n) is 6.25. The maximum atomic E-state index is 12.9. The van der Waals surface area contributed by atoms with E-state index in [1.165, 1.54) is 37.1 Å². The predicted molar refractivity (Wildman–Crippen MR) is 94.4 cm³/mol. The number of hydrogen-bond acceptors (Lipinski definition) is 3. The number of amides is 1. The van der Waals surface area contributed by atoms with Gasteiger partial charge in [-0.2, -0.15) is 0 Å². The van der Waals surface area contributed by atoms with Gasteiger partial charge >= 0.3 is 0 Å². The highest BCUT2D eigenvalue weighted by Crippen LogP contribution is 2.25. The number of nitrogens with one attached hydrogen (secondary N) is 1. The van der Waals surface area contributed by atoms with E-state index in [0.29, 0.717) is 17.5 Å². The number of anilines is 1. The Morgan fingerprint density at radius 2 is 1.64 bits per heavy atom. The van der Waals surface area contributed by atoms with Crippen LogP contribution in [0.25, 0.3) is 0 Å². The number of carbonyl (C=O) groups excluding carboxylic acids is 1. The highest BCUT2D eigenvalue weighted by Gasteiger charge is 2.17. The SMILES string of the molecule is C[C@H](Oc1ccc(F)cc1)C(=O)Nc1ccc(OC2CCCC2)cc1. The molecule has 5 heteroatoms. The lowest BCUT2D eigenvalue weighted by molar-refractivity contribution is -0.122. The molecule has 1 aliphatic rings. The van der Waals surface area contributed by atoms with Crippen LogP contribution in [0.2, 0.25) is 0 Å². The molecule has 1 saturated carbocycles. The van der Waals surface area contributed by atoms with Gasteiger partial charge in [0.05, 0.1) is 6.10 Å². The van der Waals surface area contributed by atoms with Crippen molar-refractivity contribution in [1.29, 1.82) is 0 Å². The molecule has 2 aromatic carbocycles. The van der Waals surface area contributed by atoms with Crippen LogP contribution >= 0.6 is 0 Å². The molecule has 0 saturated heterocycles. The summed E-state index contributed by atoms with van der Waals surface area (Å²) >= 11 is 0. The minimum absolute atomic E-state index is 0.270. The Bertz CT molecular complexity index is 694. The Morgan fingerprint density at radius 1 is 1.04 bits per heavy atom. The van der Waals surface area contributed by atoms with Gasteiger partial charge in [-0.3, -0.25) is 4.79 Å². The molecule has 0 unspecified atom stereocenters. The van der Waals surface area contributed by atoms with E-state index in [4.69, 9.17) is 9.47 Å². The minimum atomic E-state index is -0.695. The number of ether oxygens (including phenoxy) is 2. The van der Waals surface area contributed by atoms with Gasteiger partial charge in [-0.25, -0.2) is 4.39 Å². The van der Waals surface area contributed by atoms with E-state index in [2.05, 4.69) is 5.32 Å². The molecule has 0 spiro atoms. The van der Waals surface area contributed by atoms with Crippen LogP contribution in [-0.4, -0.2) is 18.1 Å². The molecule has 132 valence electrons. The van der Waals surface area contributed by atoms with Crippen LogP contribution in [0.3, 0.4) is 0 Å². The molecular formula is C20H22FNO3. The minimum Gasteiger partial charge on any atom is -0.490 e. The van der Waals surface area contributed by atoms with E-state index < -0.39 is 6.10 Å². The van der Waals surface area contributed by atoms with Crippen molar-refractivity contribution in [2.75, 3.05) is 5.32 Å². The summed E-state index contributed by atoms with van der Waals surface area (Å²) in [5.74, 6) is 0.656. The molecule has 1 fully saturated rings. The predicted octanol–water partition coefficient (Wildman–Crippen LogP) is 4.55. The third-order valence-corrected chi connectivity index (χ3v) is 4.22. The fourth-order valence-electron chi connectivity index (χ4n) is 2.83. The summed E-state index contributed by atoms with van der Waals surface area (Å²) in [5, 5.41) is 2.80. The molecule has 0 heterocycles. The molecule has 0 aromatic heterocycles.